The van der Waals surface area contributed by atoms with Gasteiger partial charge in [0.05, 0.1) is 30.6 Å². The molecule has 7 rings (SSSR count). The van der Waals surface area contributed by atoms with E-state index in [4.69, 9.17) is 14.2 Å². The minimum Gasteiger partial charge on any atom is -0.480 e. The van der Waals surface area contributed by atoms with Crippen molar-refractivity contribution in [3.63, 3.8) is 0 Å². The van der Waals surface area contributed by atoms with Crippen LogP contribution in [0.3, 0.4) is 0 Å². The molecule has 9 nitrogen and oxygen atoms in total. The predicted molar refractivity (Wildman–Crippen MR) is 132 cm³/mol. The highest BCUT2D eigenvalue weighted by molar-refractivity contribution is 8.00. The summed E-state index contributed by atoms with van der Waals surface area (Å²) in [5, 5.41) is 6.76. The van der Waals surface area contributed by atoms with E-state index in [1.807, 2.05) is 42.5 Å². The van der Waals surface area contributed by atoms with Gasteiger partial charge in [0, 0.05) is 28.9 Å². The van der Waals surface area contributed by atoms with Crippen molar-refractivity contribution in [3.05, 3.63) is 54.1 Å². The second-order valence-electron chi connectivity index (χ2n) is 8.70. The van der Waals surface area contributed by atoms with Gasteiger partial charge in [0.25, 0.3) is 5.91 Å². The number of hydrogen-bond donors (Lipinski definition) is 2. The number of benzene rings is 2. The van der Waals surface area contributed by atoms with Gasteiger partial charge in [-0.2, -0.15) is 0 Å². The van der Waals surface area contributed by atoms with Crippen molar-refractivity contribution in [3.8, 4) is 5.88 Å². The van der Waals surface area contributed by atoms with Crippen LogP contribution >= 0.6 is 11.8 Å². The number of aromatic nitrogens is 1. The van der Waals surface area contributed by atoms with Crippen LogP contribution in [0.25, 0.3) is 10.9 Å². The monoisotopic (exact) mass is 492 g/mol. The summed E-state index contributed by atoms with van der Waals surface area (Å²) in [6.07, 6.45) is 0.903. The molecule has 0 saturated carbocycles. The van der Waals surface area contributed by atoms with Crippen LogP contribution in [-0.4, -0.2) is 55.0 Å². The maximum Gasteiger partial charge on any atom is 0.256 e. The molecule has 2 amide bonds. The average Bonchev–Trinajstić information content (AvgIpc) is 3.41. The Hall–Kier alpha value is -3.34. The number of carbonyl (C=O) groups is 2. The second kappa shape index (κ2) is 8.71. The quantitative estimate of drug-likeness (QED) is 0.485. The number of anilines is 2. The van der Waals surface area contributed by atoms with E-state index in [1.54, 1.807) is 6.07 Å². The van der Waals surface area contributed by atoms with Gasteiger partial charge >= 0.3 is 0 Å². The molecular formula is C25H24N4O5S. The molecule has 3 aromatic rings. The van der Waals surface area contributed by atoms with Crippen LogP contribution in [0.5, 0.6) is 5.88 Å². The number of para-hydroxylation sites is 1. The van der Waals surface area contributed by atoms with Gasteiger partial charge in [-0.3, -0.25) is 9.59 Å². The molecule has 3 fully saturated rings. The van der Waals surface area contributed by atoms with E-state index in [2.05, 4.69) is 20.5 Å². The Morgan fingerprint density at radius 2 is 2.14 bits per heavy atom. The summed E-state index contributed by atoms with van der Waals surface area (Å²) >= 11 is 1.54. The van der Waals surface area contributed by atoms with Crippen LogP contribution in [0.1, 0.15) is 23.2 Å². The second-order valence-corrected chi connectivity index (χ2v) is 9.71. The Morgan fingerprint density at radius 3 is 3.00 bits per heavy atom. The SMILES string of the molecule is COc1nc2ccccc2cc1C(=O)NCCCC12CN(c3ccc4c(c3)NC(=O)CS4)C(O1)O2. The molecule has 5 heterocycles. The zero-order valence-corrected chi connectivity index (χ0v) is 19.9. The van der Waals surface area contributed by atoms with E-state index < -0.39 is 12.2 Å². The van der Waals surface area contributed by atoms with E-state index >= 15 is 0 Å². The van der Waals surface area contributed by atoms with Crippen LogP contribution in [0.4, 0.5) is 11.4 Å². The highest BCUT2D eigenvalue weighted by Crippen LogP contribution is 2.46. The fourth-order valence-corrected chi connectivity index (χ4v) is 5.43. The molecule has 2 bridgehead atoms. The highest BCUT2D eigenvalue weighted by atomic mass is 32.2. The first-order valence-electron chi connectivity index (χ1n) is 11.4. The lowest BCUT2D eigenvalue weighted by molar-refractivity contribution is -0.406. The number of rotatable bonds is 7. The van der Waals surface area contributed by atoms with Gasteiger partial charge in [0.1, 0.15) is 5.56 Å². The van der Waals surface area contributed by atoms with E-state index in [-0.39, 0.29) is 11.8 Å². The fourth-order valence-electron chi connectivity index (χ4n) is 4.64. The summed E-state index contributed by atoms with van der Waals surface area (Å²) in [5.74, 6) is -0.152. The minimum absolute atomic E-state index is 0.00785. The molecule has 0 unspecified atom stereocenters. The van der Waals surface area contributed by atoms with E-state index in [0.29, 0.717) is 43.1 Å². The third kappa shape index (κ3) is 4.07. The van der Waals surface area contributed by atoms with Crippen molar-refractivity contribution in [1.29, 1.82) is 0 Å². The van der Waals surface area contributed by atoms with Gasteiger partial charge in [0.15, 0.2) is 5.79 Å². The molecule has 0 radical (unpaired) electrons. The molecular weight excluding hydrogens is 468 g/mol. The van der Waals surface area contributed by atoms with Crippen LogP contribution in [0.2, 0.25) is 0 Å². The first-order valence-corrected chi connectivity index (χ1v) is 12.4. The zero-order valence-electron chi connectivity index (χ0n) is 19.1. The number of amides is 2. The minimum atomic E-state index is -0.675. The largest absolute Gasteiger partial charge is 0.480 e. The first-order chi connectivity index (χ1) is 17.0. The van der Waals surface area contributed by atoms with Crippen LogP contribution in [0, 0.1) is 0 Å². The Labute approximate surface area is 206 Å². The van der Waals surface area contributed by atoms with Crippen molar-refractivity contribution >= 4 is 45.9 Å². The molecule has 35 heavy (non-hydrogen) atoms. The molecule has 10 heteroatoms. The van der Waals surface area contributed by atoms with Gasteiger partial charge in [-0.05, 0) is 36.8 Å². The van der Waals surface area contributed by atoms with Gasteiger partial charge in [-0.15, -0.1) is 11.8 Å². The summed E-state index contributed by atoms with van der Waals surface area (Å²) < 4.78 is 17.4. The van der Waals surface area contributed by atoms with Gasteiger partial charge < -0.3 is 29.7 Å². The van der Waals surface area contributed by atoms with Crippen LogP contribution < -0.4 is 20.3 Å². The number of carbonyl (C=O) groups excluding carboxylic acids is 2. The molecule has 0 aliphatic carbocycles. The predicted octanol–water partition coefficient (Wildman–Crippen LogP) is 3.34. The number of nitrogens with zero attached hydrogens (tertiary/aromatic N) is 2. The lowest BCUT2D eigenvalue weighted by atomic mass is 10.1. The van der Waals surface area contributed by atoms with Crippen molar-refractivity contribution in [2.45, 2.75) is 29.9 Å². The number of pyridine rings is 1. The lowest BCUT2D eigenvalue weighted by Crippen LogP contribution is -2.47. The molecule has 0 atom stereocenters. The number of nitrogens with one attached hydrogen (secondary N) is 2. The van der Waals surface area contributed by atoms with Gasteiger partial charge in [-0.1, -0.05) is 18.2 Å². The summed E-state index contributed by atoms with van der Waals surface area (Å²) in [6.45, 7) is 1.06. The molecule has 3 saturated heterocycles. The van der Waals surface area contributed by atoms with Crippen LogP contribution in [-0.2, 0) is 14.3 Å². The van der Waals surface area contributed by atoms with Crippen molar-refractivity contribution < 1.29 is 23.8 Å². The molecule has 2 N–H and O–H groups in total. The summed E-state index contributed by atoms with van der Waals surface area (Å²) in [4.78, 5) is 32.1. The molecule has 0 spiro atoms. The van der Waals surface area contributed by atoms with Crippen LogP contribution in [0.15, 0.2) is 53.4 Å². The number of fused-ring (bicyclic) bond motifs is 3. The maximum absolute atomic E-state index is 12.8. The first kappa shape index (κ1) is 22.1. The fraction of sp³-hybridized carbons (Fsp3) is 0.320. The van der Waals surface area contributed by atoms with E-state index in [1.165, 1.54) is 18.9 Å². The van der Waals surface area contributed by atoms with Crippen molar-refractivity contribution in [1.82, 2.24) is 10.3 Å². The smallest absolute Gasteiger partial charge is 0.256 e. The number of thioether (sulfide) groups is 1. The topological polar surface area (TPSA) is 102 Å². The Balaban J connectivity index is 1.05. The third-order valence-corrected chi connectivity index (χ3v) is 7.45. The van der Waals surface area contributed by atoms with Crippen molar-refractivity contribution in [2.75, 3.05) is 36.2 Å². The van der Waals surface area contributed by atoms with Gasteiger partial charge in [0.2, 0.25) is 18.2 Å². The number of methoxy groups -OCH3 is 1. The summed E-state index contributed by atoms with van der Waals surface area (Å²) in [7, 11) is 1.51. The Bertz CT molecular complexity index is 1330. The molecule has 1 aromatic heterocycles. The number of hydrogen-bond acceptors (Lipinski definition) is 8. The van der Waals surface area contributed by atoms with Gasteiger partial charge in [-0.25, -0.2) is 4.98 Å². The maximum atomic E-state index is 12.8. The average molecular weight is 493 g/mol. The normalized spacial score (nSPS) is 22.4. The highest BCUT2D eigenvalue weighted by Gasteiger charge is 2.58. The molecule has 4 aliphatic heterocycles. The Morgan fingerprint density at radius 1 is 1.29 bits per heavy atom. The zero-order chi connectivity index (χ0) is 24.0. The molecule has 4 aliphatic rings. The molecule has 180 valence electrons. The van der Waals surface area contributed by atoms with E-state index in [0.717, 1.165) is 27.2 Å². The third-order valence-electron chi connectivity index (χ3n) is 6.37. The summed E-state index contributed by atoms with van der Waals surface area (Å²) in [5.41, 5.74) is 2.95. The van der Waals surface area contributed by atoms with E-state index in [9.17, 15) is 9.59 Å². The summed E-state index contributed by atoms with van der Waals surface area (Å²) in [6, 6.07) is 15.4. The Kier molecular flexibility index (Phi) is 5.51. The standard InChI is InChI=1S/C25H24N4O5S/c1-32-23-17(11-15-5-2-3-6-18(15)28-23)22(31)26-10-4-9-25-14-29(24(33-25)34-25)16-7-8-20-19(12-16)27-21(30)13-35-20/h2-3,5-8,11-12,24H,4,9-10,13-14H2,1H3,(H,26,31)(H,27,30). The lowest BCUT2D eigenvalue weighted by Gasteiger charge is -2.37. The van der Waals surface area contributed by atoms with Crippen molar-refractivity contribution in [2.24, 2.45) is 0 Å². The molecule has 2 aromatic carbocycles. The number of ether oxygens (including phenoxy) is 3.